The fraction of sp³-hybridized carbons (Fsp3) is 0.200. The minimum absolute atomic E-state index is 0.0774. The van der Waals surface area contributed by atoms with Crippen LogP contribution in [0.1, 0.15) is 17.3 Å². The smallest absolute Gasteiger partial charge is 0.162 e. The second-order valence-corrected chi connectivity index (χ2v) is 4.98. The summed E-state index contributed by atoms with van der Waals surface area (Å²) in [6.45, 7) is 1.58. The Balaban J connectivity index is 2.73. The van der Waals surface area contributed by atoms with Crippen LogP contribution in [0, 0.1) is 0 Å². The number of hydrogen-bond acceptors (Lipinski definition) is 4. The average molecular weight is 223 g/mol. The van der Waals surface area contributed by atoms with E-state index in [4.69, 9.17) is 0 Å². The van der Waals surface area contributed by atoms with Crippen molar-refractivity contribution in [3.05, 3.63) is 23.8 Å². The van der Waals surface area contributed by atoms with Crippen LogP contribution in [0.2, 0.25) is 0 Å². The van der Waals surface area contributed by atoms with Crippen LogP contribution in [0.15, 0.2) is 22.5 Å². The van der Waals surface area contributed by atoms with Gasteiger partial charge >= 0.3 is 0 Å². The summed E-state index contributed by atoms with van der Waals surface area (Å²) in [4.78, 5) is 15.7. The highest BCUT2D eigenvalue weighted by molar-refractivity contribution is 8.00. The van der Waals surface area contributed by atoms with E-state index in [0.717, 1.165) is 20.1 Å². The van der Waals surface area contributed by atoms with Crippen molar-refractivity contribution in [3.8, 4) is 0 Å². The number of thiazole rings is 1. The van der Waals surface area contributed by atoms with Crippen LogP contribution in [0.5, 0.6) is 0 Å². The summed E-state index contributed by atoms with van der Waals surface area (Å²) in [6, 6.07) is 5.73. The van der Waals surface area contributed by atoms with Crippen LogP contribution in [-0.4, -0.2) is 17.0 Å². The van der Waals surface area contributed by atoms with Gasteiger partial charge < -0.3 is 0 Å². The lowest BCUT2D eigenvalue weighted by Crippen LogP contribution is -1.92. The number of carbonyl (C=O) groups excluding carboxylic acids is 1. The summed E-state index contributed by atoms with van der Waals surface area (Å²) in [7, 11) is 0. The number of hydrogen-bond donors (Lipinski definition) is 0. The molecule has 2 rings (SSSR count). The molecule has 2 nitrogen and oxygen atoms in total. The molecule has 0 radical (unpaired) electrons. The summed E-state index contributed by atoms with van der Waals surface area (Å²) in [6.07, 6.45) is 1.99. The number of nitrogens with zero attached hydrogens (tertiary/aromatic N) is 1. The third-order valence-electron chi connectivity index (χ3n) is 1.95. The van der Waals surface area contributed by atoms with Gasteiger partial charge in [-0.2, -0.15) is 0 Å². The van der Waals surface area contributed by atoms with Crippen molar-refractivity contribution in [1.29, 1.82) is 0 Å². The normalized spacial score (nSPS) is 10.7. The second kappa shape index (κ2) is 3.71. The fourth-order valence-electron chi connectivity index (χ4n) is 1.30. The van der Waals surface area contributed by atoms with Crippen molar-refractivity contribution in [2.24, 2.45) is 0 Å². The number of benzene rings is 1. The predicted molar refractivity (Wildman–Crippen MR) is 61.4 cm³/mol. The highest BCUT2D eigenvalue weighted by Crippen LogP contribution is 2.29. The zero-order valence-electron chi connectivity index (χ0n) is 7.90. The van der Waals surface area contributed by atoms with Crippen molar-refractivity contribution < 1.29 is 4.79 Å². The van der Waals surface area contributed by atoms with Gasteiger partial charge in [0.25, 0.3) is 0 Å². The largest absolute Gasteiger partial charge is 0.294 e. The molecule has 14 heavy (non-hydrogen) atoms. The molecule has 0 bridgehead atoms. The molecule has 1 aromatic carbocycles. The molecular formula is C10H9NOS2. The van der Waals surface area contributed by atoms with Gasteiger partial charge in [0, 0.05) is 5.56 Å². The Labute approximate surface area is 90.4 Å². The molecule has 0 aliphatic rings. The zero-order valence-corrected chi connectivity index (χ0v) is 9.54. The molecule has 4 heteroatoms. The lowest BCUT2D eigenvalue weighted by atomic mass is 10.1. The van der Waals surface area contributed by atoms with Gasteiger partial charge in [-0.15, -0.1) is 11.3 Å². The van der Waals surface area contributed by atoms with Crippen LogP contribution in [0.25, 0.3) is 10.2 Å². The van der Waals surface area contributed by atoms with Crippen LogP contribution < -0.4 is 0 Å². The van der Waals surface area contributed by atoms with E-state index in [-0.39, 0.29) is 5.78 Å². The number of ketones is 1. The zero-order chi connectivity index (χ0) is 10.1. The molecule has 1 heterocycles. The Morgan fingerprint density at radius 1 is 1.50 bits per heavy atom. The van der Waals surface area contributed by atoms with E-state index in [0.29, 0.717) is 0 Å². The third kappa shape index (κ3) is 1.55. The first-order valence-electron chi connectivity index (χ1n) is 4.17. The maximum absolute atomic E-state index is 11.3. The topological polar surface area (TPSA) is 30.0 Å². The van der Waals surface area contributed by atoms with Gasteiger partial charge in [-0.3, -0.25) is 4.79 Å². The lowest BCUT2D eigenvalue weighted by Gasteiger charge is -1.94. The number of carbonyl (C=O) groups is 1. The van der Waals surface area contributed by atoms with E-state index in [1.807, 2.05) is 24.5 Å². The van der Waals surface area contributed by atoms with Gasteiger partial charge in [0.1, 0.15) is 0 Å². The van der Waals surface area contributed by atoms with Crippen LogP contribution in [0.3, 0.4) is 0 Å². The molecule has 0 saturated heterocycles. The Morgan fingerprint density at radius 3 is 2.93 bits per heavy atom. The van der Waals surface area contributed by atoms with Gasteiger partial charge in [0.15, 0.2) is 10.1 Å². The van der Waals surface area contributed by atoms with Gasteiger partial charge in [-0.25, -0.2) is 4.98 Å². The SMILES string of the molecule is CSc1nc2c(C(C)=O)cccc2s1. The number of rotatable bonds is 2. The molecule has 2 aromatic rings. The minimum Gasteiger partial charge on any atom is -0.294 e. The van der Waals surface area contributed by atoms with Gasteiger partial charge in [0.2, 0.25) is 0 Å². The quantitative estimate of drug-likeness (QED) is 0.578. The van der Waals surface area contributed by atoms with Gasteiger partial charge in [-0.05, 0) is 25.3 Å². The van der Waals surface area contributed by atoms with E-state index < -0.39 is 0 Å². The summed E-state index contributed by atoms with van der Waals surface area (Å²) in [5, 5.41) is 0. The molecule has 0 unspecified atom stereocenters. The molecule has 72 valence electrons. The molecule has 0 fully saturated rings. The maximum atomic E-state index is 11.3. The monoisotopic (exact) mass is 223 g/mol. The Morgan fingerprint density at radius 2 is 2.29 bits per heavy atom. The van der Waals surface area contributed by atoms with Gasteiger partial charge in [0.05, 0.1) is 10.2 Å². The van der Waals surface area contributed by atoms with Crippen LogP contribution in [-0.2, 0) is 0 Å². The fourth-order valence-corrected chi connectivity index (χ4v) is 2.81. The molecule has 0 spiro atoms. The summed E-state index contributed by atoms with van der Waals surface area (Å²) >= 11 is 3.24. The molecule has 0 aliphatic carbocycles. The molecule has 0 amide bonds. The number of para-hydroxylation sites is 1. The van der Waals surface area contributed by atoms with E-state index in [2.05, 4.69) is 4.98 Å². The Hall–Kier alpha value is -0.870. The number of aromatic nitrogens is 1. The summed E-state index contributed by atoms with van der Waals surface area (Å²) < 4.78 is 2.09. The van der Waals surface area contributed by atoms with E-state index in [1.165, 1.54) is 0 Å². The predicted octanol–water partition coefficient (Wildman–Crippen LogP) is 3.22. The van der Waals surface area contributed by atoms with E-state index in [1.54, 1.807) is 30.0 Å². The summed E-state index contributed by atoms with van der Waals surface area (Å²) in [5.41, 5.74) is 1.56. The Kier molecular flexibility index (Phi) is 2.56. The van der Waals surface area contributed by atoms with E-state index in [9.17, 15) is 4.79 Å². The molecule has 0 aliphatic heterocycles. The van der Waals surface area contributed by atoms with Crippen molar-refractivity contribution in [2.45, 2.75) is 11.3 Å². The number of fused-ring (bicyclic) bond motifs is 1. The number of Topliss-reactive ketones (excluding diaryl/α,β-unsaturated/α-hetero) is 1. The first-order chi connectivity index (χ1) is 6.72. The van der Waals surface area contributed by atoms with Crippen molar-refractivity contribution in [1.82, 2.24) is 4.98 Å². The average Bonchev–Trinajstić information content (AvgIpc) is 2.59. The molecule has 0 saturated carbocycles. The van der Waals surface area contributed by atoms with Crippen LogP contribution >= 0.6 is 23.1 Å². The van der Waals surface area contributed by atoms with Gasteiger partial charge in [-0.1, -0.05) is 17.8 Å². The third-order valence-corrected chi connectivity index (χ3v) is 3.96. The number of thioether (sulfide) groups is 1. The molecule has 1 aromatic heterocycles. The maximum Gasteiger partial charge on any atom is 0.162 e. The minimum atomic E-state index is 0.0774. The van der Waals surface area contributed by atoms with Crippen molar-refractivity contribution in [2.75, 3.05) is 6.26 Å². The molecule has 0 N–H and O–H groups in total. The first kappa shape index (κ1) is 9.68. The van der Waals surface area contributed by atoms with E-state index >= 15 is 0 Å². The van der Waals surface area contributed by atoms with Crippen molar-refractivity contribution in [3.63, 3.8) is 0 Å². The van der Waals surface area contributed by atoms with Crippen LogP contribution in [0.4, 0.5) is 0 Å². The Bertz CT molecular complexity index is 490. The first-order valence-corrected chi connectivity index (χ1v) is 6.21. The second-order valence-electron chi connectivity index (χ2n) is 2.89. The van der Waals surface area contributed by atoms with Crippen molar-refractivity contribution >= 4 is 39.1 Å². The summed E-state index contributed by atoms with van der Waals surface area (Å²) in [5.74, 6) is 0.0774. The highest BCUT2D eigenvalue weighted by atomic mass is 32.2. The standard InChI is InChI=1S/C10H9NOS2/c1-6(12)7-4-3-5-8-9(7)11-10(13-2)14-8/h3-5H,1-2H3. The lowest BCUT2D eigenvalue weighted by molar-refractivity contribution is 0.101. The highest BCUT2D eigenvalue weighted by Gasteiger charge is 2.09. The molecular weight excluding hydrogens is 214 g/mol. The molecule has 0 atom stereocenters.